The zero-order chi connectivity index (χ0) is 15.6. The average molecular weight is 289 g/mol. The van der Waals surface area contributed by atoms with Crippen LogP contribution in [-0.4, -0.2) is 43.8 Å². The number of ketones is 1. The van der Waals surface area contributed by atoms with Crippen LogP contribution in [0, 0.1) is 0 Å². The number of fused-ring (bicyclic) bond motifs is 1. The van der Waals surface area contributed by atoms with Gasteiger partial charge in [-0.25, -0.2) is 0 Å². The molecule has 21 heavy (non-hydrogen) atoms. The van der Waals surface area contributed by atoms with Crippen LogP contribution in [0.5, 0.6) is 0 Å². The maximum Gasteiger partial charge on any atom is 0.246 e. The van der Waals surface area contributed by atoms with E-state index in [1.54, 1.807) is 30.1 Å². The third-order valence-electron chi connectivity index (χ3n) is 3.50. The molecule has 1 aromatic carbocycles. The van der Waals surface area contributed by atoms with Crippen molar-refractivity contribution in [1.82, 2.24) is 5.32 Å². The van der Waals surface area contributed by atoms with Crippen LogP contribution >= 0.6 is 0 Å². The molecule has 6 heteroatoms. The Labute approximate surface area is 123 Å². The van der Waals surface area contributed by atoms with Gasteiger partial charge < -0.3 is 15.1 Å². The molecule has 1 N–H and O–H groups in total. The molecule has 0 unspecified atom stereocenters. The van der Waals surface area contributed by atoms with E-state index in [1.165, 1.54) is 18.7 Å². The fourth-order valence-corrected chi connectivity index (χ4v) is 2.49. The molecule has 2 rings (SSSR count). The summed E-state index contributed by atoms with van der Waals surface area (Å²) in [7, 11) is 1.67. The van der Waals surface area contributed by atoms with Crippen LogP contribution < -0.4 is 15.1 Å². The number of rotatable bonds is 3. The second kappa shape index (κ2) is 6.05. The molecular weight excluding hydrogens is 270 g/mol. The van der Waals surface area contributed by atoms with Crippen molar-refractivity contribution in [3.63, 3.8) is 0 Å². The van der Waals surface area contributed by atoms with Gasteiger partial charge in [-0.15, -0.1) is 0 Å². The van der Waals surface area contributed by atoms with Gasteiger partial charge in [0, 0.05) is 6.92 Å². The van der Waals surface area contributed by atoms with Gasteiger partial charge in [-0.2, -0.15) is 0 Å². The van der Waals surface area contributed by atoms with Gasteiger partial charge in [-0.05, 0) is 26.1 Å². The Hall–Kier alpha value is -2.21. The number of likely N-dealkylation sites (N-methyl/N-ethyl adjacent to an activating group) is 1. The standard InChI is InChI=1S/C15H19N3O3/c1-10(19)8-18-14-7-5-4-6-13(14)17(11(2)20)9-12(16-3)15(18)21/h4-7,12,16H,8-9H2,1-3H3/t12-/m0/s1. The zero-order valence-electron chi connectivity index (χ0n) is 12.4. The van der Waals surface area contributed by atoms with Gasteiger partial charge >= 0.3 is 0 Å². The Morgan fingerprint density at radius 2 is 1.86 bits per heavy atom. The number of nitrogens with one attached hydrogen (secondary N) is 1. The van der Waals surface area contributed by atoms with E-state index in [4.69, 9.17) is 0 Å². The van der Waals surface area contributed by atoms with E-state index in [0.717, 1.165) is 0 Å². The summed E-state index contributed by atoms with van der Waals surface area (Å²) >= 11 is 0. The lowest BCUT2D eigenvalue weighted by Crippen LogP contribution is -2.50. The lowest BCUT2D eigenvalue weighted by atomic mass is 10.2. The molecule has 6 nitrogen and oxygen atoms in total. The molecule has 1 aromatic rings. The maximum absolute atomic E-state index is 12.6. The van der Waals surface area contributed by atoms with E-state index in [9.17, 15) is 14.4 Å². The van der Waals surface area contributed by atoms with Gasteiger partial charge in [-0.3, -0.25) is 14.4 Å². The third kappa shape index (κ3) is 2.95. The summed E-state index contributed by atoms with van der Waals surface area (Å²) in [6, 6.07) is 6.60. The Kier molecular flexibility index (Phi) is 4.37. The van der Waals surface area contributed by atoms with Crippen LogP contribution in [-0.2, 0) is 14.4 Å². The monoisotopic (exact) mass is 289 g/mol. The second-order valence-corrected chi connectivity index (χ2v) is 5.09. The van der Waals surface area contributed by atoms with E-state index in [-0.39, 0.29) is 30.7 Å². The summed E-state index contributed by atoms with van der Waals surface area (Å²) < 4.78 is 0. The fourth-order valence-electron chi connectivity index (χ4n) is 2.49. The van der Waals surface area contributed by atoms with E-state index < -0.39 is 6.04 Å². The summed E-state index contributed by atoms with van der Waals surface area (Å²) in [4.78, 5) is 39.0. The molecule has 0 aliphatic carbocycles. The highest BCUT2D eigenvalue weighted by Crippen LogP contribution is 2.32. The molecule has 1 aliphatic heterocycles. The molecule has 1 heterocycles. The zero-order valence-corrected chi connectivity index (χ0v) is 12.4. The first-order valence-corrected chi connectivity index (χ1v) is 6.81. The largest absolute Gasteiger partial charge is 0.309 e. The van der Waals surface area contributed by atoms with Crippen molar-refractivity contribution in [1.29, 1.82) is 0 Å². The van der Waals surface area contributed by atoms with Crippen LogP contribution in [0.2, 0.25) is 0 Å². The summed E-state index contributed by atoms with van der Waals surface area (Å²) in [6.07, 6.45) is 0. The summed E-state index contributed by atoms with van der Waals surface area (Å²) in [5.41, 5.74) is 1.24. The maximum atomic E-state index is 12.6. The predicted octanol–water partition coefficient (Wildman–Crippen LogP) is 0.563. The number of amides is 2. The number of nitrogens with zero attached hydrogens (tertiary/aromatic N) is 2. The van der Waals surface area contributed by atoms with Crippen molar-refractivity contribution in [3.05, 3.63) is 24.3 Å². The van der Waals surface area contributed by atoms with Gasteiger partial charge in [0.15, 0.2) is 0 Å². The average Bonchev–Trinajstić information content (AvgIpc) is 2.55. The SMILES string of the molecule is CN[C@H]1CN(C(C)=O)c2ccccc2N(CC(C)=O)C1=O. The number of carbonyl (C=O) groups excluding carboxylic acids is 3. The molecule has 0 aromatic heterocycles. The summed E-state index contributed by atoms with van der Waals surface area (Å²) in [6.45, 7) is 3.16. The number of hydrogen-bond donors (Lipinski definition) is 1. The van der Waals surface area contributed by atoms with Crippen molar-refractivity contribution in [3.8, 4) is 0 Å². The second-order valence-electron chi connectivity index (χ2n) is 5.09. The van der Waals surface area contributed by atoms with Gasteiger partial charge in [0.25, 0.3) is 0 Å². The first-order valence-electron chi connectivity index (χ1n) is 6.81. The van der Waals surface area contributed by atoms with Gasteiger partial charge in [0.05, 0.1) is 24.5 Å². The van der Waals surface area contributed by atoms with Crippen molar-refractivity contribution < 1.29 is 14.4 Å². The Morgan fingerprint density at radius 3 is 2.38 bits per heavy atom. The van der Waals surface area contributed by atoms with E-state index >= 15 is 0 Å². The first kappa shape index (κ1) is 15.2. The molecule has 1 aliphatic rings. The molecule has 0 radical (unpaired) electrons. The highest BCUT2D eigenvalue weighted by Gasteiger charge is 2.34. The van der Waals surface area contributed by atoms with Crippen molar-refractivity contribution in [2.75, 3.05) is 29.9 Å². The Balaban J connectivity index is 2.57. The Morgan fingerprint density at radius 1 is 1.24 bits per heavy atom. The molecule has 1 atom stereocenters. The molecule has 0 spiro atoms. The van der Waals surface area contributed by atoms with Crippen molar-refractivity contribution >= 4 is 29.0 Å². The lowest BCUT2D eigenvalue weighted by molar-refractivity contribution is -0.123. The van der Waals surface area contributed by atoms with Crippen molar-refractivity contribution in [2.24, 2.45) is 0 Å². The van der Waals surface area contributed by atoms with E-state index in [2.05, 4.69) is 5.32 Å². The smallest absolute Gasteiger partial charge is 0.246 e. The Bertz CT molecular complexity index is 585. The van der Waals surface area contributed by atoms with Gasteiger partial charge in [0.1, 0.15) is 11.8 Å². The molecule has 2 amide bonds. The van der Waals surface area contributed by atoms with Crippen LogP contribution in [0.3, 0.4) is 0 Å². The highest BCUT2D eigenvalue weighted by molar-refractivity contribution is 6.08. The molecular formula is C15H19N3O3. The predicted molar refractivity (Wildman–Crippen MR) is 80.4 cm³/mol. The number of Topliss-reactive ketones (excluding diaryl/α,β-unsaturated/α-hetero) is 1. The quantitative estimate of drug-likeness (QED) is 0.883. The number of anilines is 2. The third-order valence-corrected chi connectivity index (χ3v) is 3.50. The summed E-state index contributed by atoms with van der Waals surface area (Å²) in [5.74, 6) is -0.451. The molecule has 0 saturated carbocycles. The van der Waals surface area contributed by atoms with Crippen LogP contribution in [0.15, 0.2) is 24.3 Å². The molecule has 0 bridgehead atoms. The van der Waals surface area contributed by atoms with Crippen LogP contribution in [0.1, 0.15) is 13.8 Å². The fraction of sp³-hybridized carbons (Fsp3) is 0.400. The summed E-state index contributed by atoms with van der Waals surface area (Å²) in [5, 5.41) is 2.92. The van der Waals surface area contributed by atoms with Crippen LogP contribution in [0.25, 0.3) is 0 Å². The molecule has 112 valence electrons. The minimum Gasteiger partial charge on any atom is -0.309 e. The van der Waals surface area contributed by atoms with Crippen molar-refractivity contribution in [2.45, 2.75) is 19.9 Å². The number of benzene rings is 1. The normalized spacial score (nSPS) is 18.2. The van der Waals surface area contributed by atoms with E-state index in [1.807, 2.05) is 6.07 Å². The minimum atomic E-state index is -0.541. The highest BCUT2D eigenvalue weighted by atomic mass is 16.2. The molecule has 0 saturated heterocycles. The van der Waals surface area contributed by atoms with Crippen LogP contribution in [0.4, 0.5) is 11.4 Å². The van der Waals surface area contributed by atoms with E-state index in [0.29, 0.717) is 11.4 Å². The number of carbonyl (C=O) groups is 3. The number of hydrogen-bond acceptors (Lipinski definition) is 4. The lowest BCUT2D eigenvalue weighted by Gasteiger charge is -2.24. The number of para-hydroxylation sites is 2. The molecule has 0 fully saturated rings. The van der Waals surface area contributed by atoms with Gasteiger partial charge in [-0.1, -0.05) is 12.1 Å². The minimum absolute atomic E-state index is 0.000227. The van der Waals surface area contributed by atoms with Gasteiger partial charge in [0.2, 0.25) is 11.8 Å². The topological polar surface area (TPSA) is 69.7 Å². The first-order chi connectivity index (χ1) is 9.95.